The number of thioether (sulfide) groups is 1. The fourth-order valence-corrected chi connectivity index (χ4v) is 5.59. The van der Waals surface area contributed by atoms with Crippen molar-refractivity contribution in [2.75, 3.05) is 0 Å². The molecule has 0 amide bonds. The standard InChI is InChI=1S/C20H15N3O4S2/c24-23(25)16-8-6-7-15(13-16)14-28-20-21-18-11-4-5-12-19(18)22(20)29(26,27)17-9-2-1-3-10-17/h1-13H,14H2. The second kappa shape index (κ2) is 7.69. The van der Waals surface area contributed by atoms with Crippen LogP contribution in [0.25, 0.3) is 11.0 Å². The Hall–Kier alpha value is -3.17. The molecular formula is C20H15N3O4S2. The van der Waals surface area contributed by atoms with Crippen LogP contribution in [0, 0.1) is 10.1 Å². The third-order valence-corrected chi connectivity index (χ3v) is 7.10. The molecule has 0 unspecified atom stereocenters. The van der Waals surface area contributed by atoms with E-state index in [2.05, 4.69) is 4.98 Å². The number of fused-ring (bicyclic) bond motifs is 1. The van der Waals surface area contributed by atoms with Crippen molar-refractivity contribution in [3.63, 3.8) is 0 Å². The maximum atomic E-state index is 13.3. The first-order chi connectivity index (χ1) is 14.0. The predicted molar refractivity (Wildman–Crippen MR) is 111 cm³/mol. The summed E-state index contributed by atoms with van der Waals surface area (Å²) < 4.78 is 27.8. The minimum atomic E-state index is -3.85. The van der Waals surface area contributed by atoms with Crippen LogP contribution in [-0.2, 0) is 15.8 Å². The topological polar surface area (TPSA) is 95.1 Å². The van der Waals surface area contributed by atoms with Gasteiger partial charge in [-0.25, -0.2) is 17.4 Å². The minimum absolute atomic E-state index is 0.00601. The molecule has 0 aliphatic rings. The van der Waals surface area contributed by atoms with E-state index >= 15 is 0 Å². The van der Waals surface area contributed by atoms with Gasteiger partial charge in [-0.15, -0.1) is 0 Å². The van der Waals surface area contributed by atoms with E-state index in [9.17, 15) is 18.5 Å². The van der Waals surface area contributed by atoms with E-state index in [4.69, 9.17) is 0 Å². The predicted octanol–water partition coefficient (Wildman–Crippen LogP) is 4.47. The van der Waals surface area contributed by atoms with Gasteiger partial charge in [-0.2, -0.15) is 0 Å². The van der Waals surface area contributed by atoms with Crippen molar-refractivity contribution in [2.24, 2.45) is 0 Å². The van der Waals surface area contributed by atoms with Gasteiger partial charge in [0.1, 0.15) is 0 Å². The van der Waals surface area contributed by atoms with Crippen LogP contribution >= 0.6 is 11.8 Å². The maximum Gasteiger partial charge on any atom is 0.270 e. The lowest BCUT2D eigenvalue weighted by Crippen LogP contribution is -2.14. The van der Waals surface area contributed by atoms with Crippen LogP contribution in [0.3, 0.4) is 0 Å². The van der Waals surface area contributed by atoms with Gasteiger partial charge in [-0.05, 0) is 29.8 Å². The molecule has 4 aromatic rings. The van der Waals surface area contributed by atoms with Crippen molar-refractivity contribution in [3.8, 4) is 0 Å². The molecule has 1 aromatic heterocycles. The van der Waals surface area contributed by atoms with Crippen LogP contribution in [0.1, 0.15) is 5.56 Å². The Labute approximate surface area is 171 Å². The number of imidazole rings is 1. The van der Waals surface area contributed by atoms with Crippen molar-refractivity contribution >= 4 is 38.5 Å². The summed E-state index contributed by atoms with van der Waals surface area (Å²) in [4.78, 5) is 15.2. The van der Waals surface area contributed by atoms with Gasteiger partial charge in [0.25, 0.3) is 15.7 Å². The van der Waals surface area contributed by atoms with Crippen LogP contribution in [0.2, 0.25) is 0 Å². The Morgan fingerprint density at radius 3 is 2.45 bits per heavy atom. The quantitative estimate of drug-likeness (QED) is 0.257. The summed E-state index contributed by atoms with van der Waals surface area (Å²) in [6, 6.07) is 21.5. The molecule has 0 aliphatic heterocycles. The van der Waals surface area contributed by atoms with Gasteiger partial charge in [0, 0.05) is 17.9 Å². The molecule has 1 heterocycles. The zero-order valence-corrected chi connectivity index (χ0v) is 16.6. The number of aromatic nitrogens is 2. The Balaban J connectivity index is 1.77. The molecule has 0 aliphatic carbocycles. The highest BCUT2D eigenvalue weighted by molar-refractivity contribution is 7.99. The van der Waals surface area contributed by atoms with E-state index in [0.29, 0.717) is 27.5 Å². The Morgan fingerprint density at radius 1 is 0.966 bits per heavy atom. The summed E-state index contributed by atoms with van der Waals surface area (Å²) >= 11 is 1.22. The molecule has 0 saturated heterocycles. The van der Waals surface area contributed by atoms with Gasteiger partial charge in [-0.3, -0.25) is 10.1 Å². The van der Waals surface area contributed by atoms with E-state index in [0.717, 1.165) is 0 Å². The molecular weight excluding hydrogens is 410 g/mol. The molecule has 7 nitrogen and oxygen atoms in total. The average Bonchev–Trinajstić information content (AvgIpc) is 3.12. The number of hydrogen-bond donors (Lipinski definition) is 0. The van der Waals surface area contributed by atoms with E-state index in [1.807, 2.05) is 0 Å². The highest BCUT2D eigenvalue weighted by Gasteiger charge is 2.24. The smallest absolute Gasteiger partial charge is 0.258 e. The van der Waals surface area contributed by atoms with Crippen molar-refractivity contribution in [1.29, 1.82) is 0 Å². The minimum Gasteiger partial charge on any atom is -0.258 e. The van der Waals surface area contributed by atoms with Crippen LogP contribution < -0.4 is 0 Å². The molecule has 0 saturated carbocycles. The van der Waals surface area contributed by atoms with Crippen LogP contribution in [-0.4, -0.2) is 22.3 Å². The second-order valence-corrected chi connectivity index (χ2v) is 8.91. The Kier molecular flexibility index (Phi) is 5.08. The fourth-order valence-electron chi connectivity index (χ4n) is 2.91. The number of benzene rings is 3. The molecule has 0 fully saturated rings. The van der Waals surface area contributed by atoms with Crippen molar-refractivity contribution in [3.05, 3.63) is 94.5 Å². The number of non-ortho nitro benzene ring substituents is 1. The van der Waals surface area contributed by atoms with Gasteiger partial charge in [0.15, 0.2) is 5.16 Å². The largest absolute Gasteiger partial charge is 0.270 e. The highest BCUT2D eigenvalue weighted by atomic mass is 32.2. The lowest BCUT2D eigenvalue weighted by atomic mass is 10.2. The number of rotatable bonds is 6. The zero-order valence-electron chi connectivity index (χ0n) is 15.0. The molecule has 3 aromatic carbocycles. The summed E-state index contributed by atoms with van der Waals surface area (Å²) in [5.74, 6) is 0.343. The lowest BCUT2D eigenvalue weighted by molar-refractivity contribution is -0.384. The molecule has 0 atom stereocenters. The maximum absolute atomic E-state index is 13.3. The summed E-state index contributed by atoms with van der Waals surface area (Å²) in [5, 5.41) is 11.3. The van der Waals surface area contributed by atoms with Crippen molar-refractivity contribution in [1.82, 2.24) is 8.96 Å². The summed E-state index contributed by atoms with van der Waals surface area (Å²) in [5.41, 5.74) is 1.75. The fraction of sp³-hybridized carbons (Fsp3) is 0.0500. The van der Waals surface area contributed by atoms with Crippen LogP contribution in [0.4, 0.5) is 5.69 Å². The zero-order chi connectivity index (χ0) is 20.4. The van der Waals surface area contributed by atoms with E-state index in [1.165, 1.54) is 27.9 Å². The van der Waals surface area contributed by atoms with Gasteiger partial charge in [-0.1, -0.05) is 54.2 Å². The number of para-hydroxylation sites is 2. The third kappa shape index (κ3) is 3.74. The summed E-state index contributed by atoms with van der Waals surface area (Å²) in [7, 11) is -3.85. The second-order valence-electron chi connectivity index (χ2n) is 6.18. The SMILES string of the molecule is O=[N+]([O-])c1cccc(CSc2nc3ccccc3n2S(=O)(=O)c2ccccc2)c1. The Morgan fingerprint density at radius 2 is 1.69 bits per heavy atom. The van der Waals surface area contributed by atoms with Gasteiger partial charge < -0.3 is 0 Å². The molecule has 0 radical (unpaired) electrons. The van der Waals surface area contributed by atoms with E-state index < -0.39 is 14.9 Å². The van der Waals surface area contributed by atoms with E-state index in [1.54, 1.807) is 66.7 Å². The molecule has 29 heavy (non-hydrogen) atoms. The summed E-state index contributed by atoms with van der Waals surface area (Å²) in [6.45, 7) is 0. The number of nitro groups is 1. The third-order valence-electron chi connectivity index (χ3n) is 4.26. The van der Waals surface area contributed by atoms with Gasteiger partial charge >= 0.3 is 0 Å². The van der Waals surface area contributed by atoms with Gasteiger partial charge in [0.2, 0.25) is 0 Å². The first-order valence-electron chi connectivity index (χ1n) is 8.61. The molecule has 9 heteroatoms. The van der Waals surface area contributed by atoms with Crippen molar-refractivity contribution < 1.29 is 13.3 Å². The monoisotopic (exact) mass is 425 g/mol. The molecule has 146 valence electrons. The first-order valence-corrected chi connectivity index (χ1v) is 11.0. The van der Waals surface area contributed by atoms with Crippen LogP contribution in [0.5, 0.6) is 0 Å². The van der Waals surface area contributed by atoms with Crippen LogP contribution in [0.15, 0.2) is 88.9 Å². The summed E-state index contributed by atoms with van der Waals surface area (Å²) in [6.07, 6.45) is 0. The van der Waals surface area contributed by atoms with E-state index in [-0.39, 0.29) is 10.6 Å². The van der Waals surface area contributed by atoms with Crippen molar-refractivity contribution in [2.45, 2.75) is 15.8 Å². The number of nitro benzene ring substituents is 1. The number of hydrogen-bond acceptors (Lipinski definition) is 6. The average molecular weight is 425 g/mol. The molecule has 0 bridgehead atoms. The first kappa shape index (κ1) is 19.2. The number of nitrogens with zero attached hydrogens (tertiary/aromatic N) is 3. The molecule has 0 spiro atoms. The Bertz CT molecular complexity index is 1300. The molecule has 0 N–H and O–H groups in total. The normalized spacial score (nSPS) is 11.6. The molecule has 4 rings (SSSR count). The van der Waals surface area contributed by atoms with Gasteiger partial charge in [0.05, 0.1) is 20.9 Å². The lowest BCUT2D eigenvalue weighted by Gasteiger charge is -2.10. The highest BCUT2D eigenvalue weighted by Crippen LogP contribution is 2.31.